The SMILES string of the molecule is O=CCc1cccc(C2CCNC2)c1. The van der Waals surface area contributed by atoms with Crippen LogP contribution in [0.4, 0.5) is 0 Å². The van der Waals surface area contributed by atoms with E-state index in [2.05, 4.69) is 17.4 Å². The number of hydrogen-bond donors (Lipinski definition) is 1. The predicted molar refractivity (Wildman–Crippen MR) is 56.4 cm³/mol. The minimum atomic E-state index is 0.536. The average molecular weight is 189 g/mol. The Morgan fingerprint density at radius 3 is 3.14 bits per heavy atom. The molecule has 1 fully saturated rings. The molecule has 1 N–H and O–H groups in total. The molecular formula is C12H15NO. The number of rotatable bonds is 3. The molecule has 0 spiro atoms. The number of carbonyl (C=O) groups excluding carboxylic acids is 1. The average Bonchev–Trinajstić information content (AvgIpc) is 2.71. The fourth-order valence-corrected chi connectivity index (χ4v) is 2.01. The van der Waals surface area contributed by atoms with Crippen LogP contribution in [0.1, 0.15) is 23.5 Å². The maximum atomic E-state index is 10.4. The van der Waals surface area contributed by atoms with Gasteiger partial charge in [-0.3, -0.25) is 0 Å². The van der Waals surface area contributed by atoms with E-state index in [4.69, 9.17) is 0 Å². The van der Waals surface area contributed by atoms with Crippen LogP contribution in [0, 0.1) is 0 Å². The molecule has 14 heavy (non-hydrogen) atoms. The summed E-state index contributed by atoms with van der Waals surface area (Å²) in [7, 11) is 0. The zero-order valence-electron chi connectivity index (χ0n) is 8.20. The zero-order chi connectivity index (χ0) is 9.80. The van der Waals surface area contributed by atoms with E-state index in [1.54, 1.807) is 0 Å². The summed E-state index contributed by atoms with van der Waals surface area (Å²) in [6, 6.07) is 8.38. The summed E-state index contributed by atoms with van der Waals surface area (Å²) in [6.45, 7) is 2.19. The largest absolute Gasteiger partial charge is 0.316 e. The van der Waals surface area contributed by atoms with Crippen LogP contribution in [0.3, 0.4) is 0 Å². The summed E-state index contributed by atoms with van der Waals surface area (Å²) < 4.78 is 0. The van der Waals surface area contributed by atoms with Crippen LogP contribution in [0.2, 0.25) is 0 Å². The van der Waals surface area contributed by atoms with Gasteiger partial charge in [0.25, 0.3) is 0 Å². The standard InChI is InChI=1S/C12H15NO/c14-7-5-10-2-1-3-11(8-10)12-4-6-13-9-12/h1-3,7-8,12-13H,4-6,9H2. The summed E-state index contributed by atoms with van der Waals surface area (Å²) in [5.74, 6) is 0.640. The second kappa shape index (κ2) is 4.38. The molecule has 1 aromatic carbocycles. The topological polar surface area (TPSA) is 29.1 Å². The molecule has 2 heteroatoms. The van der Waals surface area contributed by atoms with Gasteiger partial charge < -0.3 is 10.1 Å². The van der Waals surface area contributed by atoms with Crippen molar-refractivity contribution in [1.82, 2.24) is 5.32 Å². The van der Waals surface area contributed by atoms with Gasteiger partial charge in [0.2, 0.25) is 0 Å². The number of benzene rings is 1. The van der Waals surface area contributed by atoms with Crippen LogP contribution < -0.4 is 5.32 Å². The number of nitrogens with one attached hydrogen (secondary N) is 1. The zero-order valence-corrected chi connectivity index (χ0v) is 8.20. The number of aldehydes is 1. The smallest absolute Gasteiger partial charge is 0.124 e. The third-order valence-corrected chi connectivity index (χ3v) is 2.80. The van der Waals surface area contributed by atoms with Crippen LogP contribution in [-0.2, 0) is 11.2 Å². The van der Waals surface area contributed by atoms with Gasteiger partial charge in [-0.2, -0.15) is 0 Å². The second-order valence-electron chi connectivity index (χ2n) is 3.81. The van der Waals surface area contributed by atoms with Crippen molar-refractivity contribution in [2.75, 3.05) is 13.1 Å². The van der Waals surface area contributed by atoms with Crippen LogP contribution in [0.5, 0.6) is 0 Å². The molecule has 0 amide bonds. The highest BCUT2D eigenvalue weighted by atomic mass is 16.1. The monoisotopic (exact) mass is 189 g/mol. The van der Waals surface area contributed by atoms with Crippen molar-refractivity contribution < 1.29 is 4.79 Å². The van der Waals surface area contributed by atoms with Gasteiger partial charge >= 0.3 is 0 Å². The van der Waals surface area contributed by atoms with Gasteiger partial charge in [-0.05, 0) is 30.0 Å². The van der Waals surface area contributed by atoms with Crippen molar-refractivity contribution in [3.63, 3.8) is 0 Å². The minimum Gasteiger partial charge on any atom is -0.316 e. The van der Waals surface area contributed by atoms with E-state index in [0.717, 1.165) is 24.9 Å². The Kier molecular flexibility index (Phi) is 2.94. The highest BCUT2D eigenvalue weighted by molar-refractivity contribution is 5.55. The van der Waals surface area contributed by atoms with Gasteiger partial charge in [0, 0.05) is 13.0 Å². The number of carbonyl (C=O) groups is 1. The van der Waals surface area contributed by atoms with Crippen molar-refractivity contribution >= 4 is 6.29 Å². The van der Waals surface area contributed by atoms with Gasteiger partial charge in [0.15, 0.2) is 0 Å². The molecule has 0 saturated carbocycles. The Morgan fingerprint density at radius 1 is 1.50 bits per heavy atom. The molecule has 1 unspecified atom stereocenters. The minimum absolute atomic E-state index is 0.536. The van der Waals surface area contributed by atoms with Gasteiger partial charge in [-0.1, -0.05) is 24.3 Å². The molecule has 1 heterocycles. The van der Waals surface area contributed by atoms with Gasteiger partial charge in [-0.15, -0.1) is 0 Å². The van der Waals surface area contributed by atoms with Crippen molar-refractivity contribution in [3.05, 3.63) is 35.4 Å². The first-order valence-corrected chi connectivity index (χ1v) is 5.13. The van der Waals surface area contributed by atoms with E-state index >= 15 is 0 Å². The van der Waals surface area contributed by atoms with E-state index in [1.165, 1.54) is 12.0 Å². The molecule has 1 atom stereocenters. The van der Waals surface area contributed by atoms with Crippen molar-refractivity contribution in [2.24, 2.45) is 0 Å². The molecule has 2 nitrogen and oxygen atoms in total. The quantitative estimate of drug-likeness (QED) is 0.730. The summed E-state index contributed by atoms with van der Waals surface area (Å²) in [4.78, 5) is 10.4. The Morgan fingerprint density at radius 2 is 2.43 bits per heavy atom. The van der Waals surface area contributed by atoms with Crippen molar-refractivity contribution in [1.29, 1.82) is 0 Å². The fourth-order valence-electron chi connectivity index (χ4n) is 2.01. The van der Waals surface area contributed by atoms with E-state index in [-0.39, 0.29) is 0 Å². The molecule has 0 radical (unpaired) electrons. The maximum Gasteiger partial charge on any atom is 0.124 e. The van der Waals surface area contributed by atoms with Gasteiger partial charge in [-0.25, -0.2) is 0 Å². The predicted octanol–water partition coefficient (Wildman–Crippen LogP) is 1.50. The Bertz CT molecular complexity index is 316. The molecule has 0 bridgehead atoms. The number of hydrogen-bond acceptors (Lipinski definition) is 2. The van der Waals surface area contributed by atoms with Crippen LogP contribution >= 0.6 is 0 Å². The maximum absolute atomic E-state index is 10.4. The van der Waals surface area contributed by atoms with Crippen LogP contribution in [0.25, 0.3) is 0 Å². The van der Waals surface area contributed by atoms with Crippen molar-refractivity contribution in [2.45, 2.75) is 18.8 Å². The molecule has 1 aromatic rings. The molecule has 2 rings (SSSR count). The van der Waals surface area contributed by atoms with E-state index in [1.807, 2.05) is 12.1 Å². The summed E-state index contributed by atoms with van der Waals surface area (Å²) in [5.41, 5.74) is 2.50. The summed E-state index contributed by atoms with van der Waals surface area (Å²) >= 11 is 0. The first-order valence-electron chi connectivity index (χ1n) is 5.13. The summed E-state index contributed by atoms with van der Waals surface area (Å²) in [5, 5.41) is 3.35. The Labute approximate surface area is 84.3 Å². The lowest BCUT2D eigenvalue weighted by molar-refractivity contribution is -0.107. The molecule has 1 aliphatic heterocycles. The van der Waals surface area contributed by atoms with E-state index in [0.29, 0.717) is 12.3 Å². The van der Waals surface area contributed by atoms with E-state index < -0.39 is 0 Å². The second-order valence-corrected chi connectivity index (χ2v) is 3.81. The van der Waals surface area contributed by atoms with Crippen LogP contribution in [0.15, 0.2) is 24.3 Å². The highest BCUT2D eigenvalue weighted by Gasteiger charge is 2.16. The Hall–Kier alpha value is -1.15. The molecule has 1 aliphatic rings. The molecule has 0 aromatic heterocycles. The lowest BCUT2D eigenvalue weighted by atomic mass is 9.96. The van der Waals surface area contributed by atoms with Crippen LogP contribution in [-0.4, -0.2) is 19.4 Å². The lowest BCUT2D eigenvalue weighted by Crippen LogP contribution is -2.08. The third-order valence-electron chi connectivity index (χ3n) is 2.80. The van der Waals surface area contributed by atoms with Gasteiger partial charge in [0.05, 0.1) is 0 Å². The van der Waals surface area contributed by atoms with Gasteiger partial charge in [0.1, 0.15) is 6.29 Å². The third kappa shape index (κ3) is 2.02. The Balaban J connectivity index is 2.16. The summed E-state index contributed by atoms with van der Waals surface area (Å²) in [6.07, 6.45) is 2.71. The van der Waals surface area contributed by atoms with E-state index in [9.17, 15) is 4.79 Å². The lowest BCUT2D eigenvalue weighted by Gasteiger charge is -2.09. The molecular weight excluding hydrogens is 174 g/mol. The molecule has 74 valence electrons. The van der Waals surface area contributed by atoms with Crippen molar-refractivity contribution in [3.8, 4) is 0 Å². The first-order chi connectivity index (χ1) is 6.90. The molecule has 0 aliphatic carbocycles. The molecule has 1 saturated heterocycles. The highest BCUT2D eigenvalue weighted by Crippen LogP contribution is 2.22. The fraction of sp³-hybridized carbons (Fsp3) is 0.417. The normalized spacial score (nSPS) is 21.0. The first kappa shape index (κ1) is 9.41.